The third kappa shape index (κ3) is 4.89. The molecule has 2 aromatic heterocycles. The van der Waals surface area contributed by atoms with Gasteiger partial charge in [0.15, 0.2) is 5.82 Å². The Morgan fingerprint density at radius 2 is 1.89 bits per heavy atom. The van der Waals surface area contributed by atoms with Crippen LogP contribution in [0.1, 0.15) is 26.4 Å². The molecule has 4 N–H and O–H groups in total. The van der Waals surface area contributed by atoms with Crippen LogP contribution in [-0.4, -0.2) is 69.7 Å². The molecule has 0 unspecified atom stereocenters. The highest BCUT2D eigenvalue weighted by Gasteiger charge is 2.19. The molecular weight excluding hydrogens is 464 g/mol. The zero-order chi connectivity index (χ0) is 24.9. The van der Waals surface area contributed by atoms with Gasteiger partial charge in [0.25, 0.3) is 11.8 Å². The molecule has 1 saturated heterocycles. The Hall–Kier alpha value is -4.68. The van der Waals surface area contributed by atoms with Crippen molar-refractivity contribution in [2.24, 2.45) is 5.10 Å². The van der Waals surface area contributed by atoms with E-state index in [0.717, 1.165) is 16.5 Å². The fourth-order valence-corrected chi connectivity index (χ4v) is 3.80. The molecule has 1 aliphatic heterocycles. The summed E-state index contributed by atoms with van der Waals surface area (Å²) in [6.45, 7) is 2.44. The van der Waals surface area contributed by atoms with Crippen LogP contribution in [0.15, 0.2) is 59.8 Å². The number of amides is 2. The number of hydrogen-bond acceptors (Lipinski definition) is 9. The van der Waals surface area contributed by atoms with E-state index in [9.17, 15) is 9.59 Å². The van der Waals surface area contributed by atoms with E-state index in [-0.39, 0.29) is 11.3 Å². The Morgan fingerprint density at radius 1 is 1.08 bits per heavy atom. The van der Waals surface area contributed by atoms with Gasteiger partial charge in [-0.25, -0.2) is 20.9 Å². The molecule has 2 amide bonds. The first-order valence-corrected chi connectivity index (χ1v) is 11.1. The van der Waals surface area contributed by atoms with Gasteiger partial charge in [-0.15, -0.1) is 0 Å². The van der Waals surface area contributed by atoms with Crippen LogP contribution >= 0.6 is 0 Å². The molecule has 0 aliphatic carbocycles. The van der Waals surface area contributed by atoms with E-state index in [0.29, 0.717) is 43.5 Å². The Morgan fingerprint density at radius 3 is 2.67 bits per heavy atom. The molecule has 1 aliphatic rings. The number of carbonyl (C=O) groups is 2. The quantitative estimate of drug-likeness (QED) is 0.182. The van der Waals surface area contributed by atoms with Crippen molar-refractivity contribution < 1.29 is 19.5 Å². The summed E-state index contributed by atoms with van der Waals surface area (Å²) in [7, 11) is 0. The number of aromatic amines is 1. The number of anilines is 1. The monoisotopic (exact) mass is 486 g/mol. The topological polar surface area (TPSA) is 158 Å². The molecule has 0 radical (unpaired) electrons. The van der Waals surface area contributed by atoms with Gasteiger partial charge in [-0.05, 0) is 23.8 Å². The molecule has 12 nitrogen and oxygen atoms in total. The number of rotatable bonds is 6. The molecular formula is C24H22N8O4. The second-order valence-corrected chi connectivity index (χ2v) is 7.93. The van der Waals surface area contributed by atoms with Crippen LogP contribution in [-0.2, 0) is 4.74 Å². The highest BCUT2D eigenvalue weighted by atomic mass is 16.5. The first-order chi connectivity index (χ1) is 17.6. The van der Waals surface area contributed by atoms with Crippen molar-refractivity contribution in [2.45, 2.75) is 0 Å². The second kappa shape index (κ2) is 10.3. The smallest absolute Gasteiger partial charge is 0.290 e. The summed E-state index contributed by atoms with van der Waals surface area (Å²) in [5.41, 5.74) is 6.75. The summed E-state index contributed by atoms with van der Waals surface area (Å²) in [6, 6.07) is 13.6. The highest BCUT2D eigenvalue weighted by molar-refractivity contribution is 5.97. The number of benzene rings is 2. The van der Waals surface area contributed by atoms with Crippen molar-refractivity contribution in [3.8, 4) is 11.4 Å². The molecule has 182 valence electrons. The maximum atomic E-state index is 13.0. The summed E-state index contributed by atoms with van der Waals surface area (Å²) < 4.78 is 5.45. The van der Waals surface area contributed by atoms with Gasteiger partial charge in [-0.3, -0.25) is 19.9 Å². The number of hydrogen-bond donors (Lipinski definition) is 4. The first kappa shape index (κ1) is 23.1. The SMILES string of the molecule is O=C(NO)c1ccc(/C=N/NC(=O)c2cc(N3CCOCC3)nc(-c3cccc4[nH]ncc34)n2)cc1. The summed E-state index contributed by atoms with van der Waals surface area (Å²) >= 11 is 0. The number of morpholine rings is 1. The summed E-state index contributed by atoms with van der Waals surface area (Å²) in [6.07, 6.45) is 3.14. The number of H-pyrrole nitrogens is 1. The van der Waals surface area contributed by atoms with Crippen molar-refractivity contribution in [3.63, 3.8) is 0 Å². The Balaban J connectivity index is 1.42. The largest absolute Gasteiger partial charge is 0.378 e. The molecule has 1 fully saturated rings. The number of nitrogens with one attached hydrogen (secondary N) is 3. The van der Waals surface area contributed by atoms with Crippen LogP contribution in [0, 0.1) is 0 Å². The fourth-order valence-electron chi connectivity index (χ4n) is 3.80. The maximum absolute atomic E-state index is 13.0. The zero-order valence-electron chi connectivity index (χ0n) is 19.0. The van der Waals surface area contributed by atoms with Crippen molar-refractivity contribution in [1.29, 1.82) is 0 Å². The van der Waals surface area contributed by atoms with Gasteiger partial charge in [0.1, 0.15) is 11.5 Å². The van der Waals surface area contributed by atoms with Crippen LogP contribution in [0.3, 0.4) is 0 Å². The number of aromatic nitrogens is 4. The highest BCUT2D eigenvalue weighted by Crippen LogP contribution is 2.27. The Kier molecular flexibility index (Phi) is 6.60. The predicted octanol–water partition coefficient (Wildman–Crippen LogP) is 1.74. The molecule has 3 heterocycles. The number of hydroxylamine groups is 1. The van der Waals surface area contributed by atoms with Crippen molar-refractivity contribution in [3.05, 3.63) is 71.5 Å². The zero-order valence-corrected chi connectivity index (χ0v) is 19.0. The minimum absolute atomic E-state index is 0.161. The summed E-state index contributed by atoms with van der Waals surface area (Å²) in [5, 5.41) is 20.6. The first-order valence-electron chi connectivity index (χ1n) is 11.1. The average Bonchev–Trinajstić information content (AvgIpc) is 3.42. The molecule has 36 heavy (non-hydrogen) atoms. The van der Waals surface area contributed by atoms with E-state index >= 15 is 0 Å². The van der Waals surface area contributed by atoms with Crippen molar-refractivity contribution in [1.82, 2.24) is 31.1 Å². The summed E-state index contributed by atoms with van der Waals surface area (Å²) in [4.78, 5) is 35.8. The predicted molar refractivity (Wildman–Crippen MR) is 131 cm³/mol. The number of ether oxygens (including phenoxy) is 1. The molecule has 4 aromatic rings. The van der Waals surface area contributed by atoms with E-state index in [1.165, 1.54) is 18.3 Å². The van der Waals surface area contributed by atoms with E-state index in [1.54, 1.807) is 29.9 Å². The van der Waals surface area contributed by atoms with Crippen LogP contribution in [0.5, 0.6) is 0 Å². The van der Waals surface area contributed by atoms with E-state index in [1.807, 2.05) is 23.1 Å². The number of hydrazone groups is 1. The van der Waals surface area contributed by atoms with Crippen molar-refractivity contribution in [2.75, 3.05) is 31.2 Å². The summed E-state index contributed by atoms with van der Waals surface area (Å²) in [5.74, 6) is -0.0952. The van der Waals surface area contributed by atoms with Crippen LogP contribution in [0.25, 0.3) is 22.3 Å². The Bertz CT molecular complexity index is 1430. The van der Waals surface area contributed by atoms with Crippen LogP contribution in [0.4, 0.5) is 5.82 Å². The van der Waals surface area contributed by atoms with Crippen molar-refractivity contribution >= 4 is 34.7 Å². The van der Waals surface area contributed by atoms with Gasteiger partial charge in [0, 0.05) is 35.7 Å². The second-order valence-electron chi connectivity index (χ2n) is 7.93. The lowest BCUT2D eigenvalue weighted by Gasteiger charge is -2.28. The molecule has 0 bridgehead atoms. The molecule has 12 heteroatoms. The number of fused-ring (bicyclic) bond motifs is 1. The molecule has 0 spiro atoms. The molecule has 5 rings (SSSR count). The molecule has 2 aromatic carbocycles. The van der Waals surface area contributed by atoms with Gasteiger partial charge < -0.3 is 9.64 Å². The lowest BCUT2D eigenvalue weighted by atomic mass is 10.1. The van der Waals surface area contributed by atoms with Gasteiger partial charge in [0.05, 0.1) is 31.1 Å². The van der Waals surface area contributed by atoms with Gasteiger partial charge >= 0.3 is 0 Å². The third-order valence-electron chi connectivity index (χ3n) is 5.66. The van der Waals surface area contributed by atoms with Gasteiger partial charge in [0.2, 0.25) is 0 Å². The van der Waals surface area contributed by atoms with E-state index < -0.39 is 11.8 Å². The van der Waals surface area contributed by atoms with Crippen LogP contribution < -0.4 is 15.8 Å². The average molecular weight is 486 g/mol. The number of nitrogens with zero attached hydrogens (tertiary/aromatic N) is 5. The fraction of sp³-hybridized carbons (Fsp3) is 0.167. The van der Waals surface area contributed by atoms with E-state index in [2.05, 4.69) is 25.7 Å². The van der Waals surface area contributed by atoms with E-state index in [4.69, 9.17) is 14.9 Å². The Labute approximate surface area is 205 Å². The van der Waals surface area contributed by atoms with Crippen LogP contribution in [0.2, 0.25) is 0 Å². The standard InChI is InChI=1S/C24H22N8O4/c33-23(31-35)16-6-4-15(5-7-16)13-25-30-24(34)20-12-21(32-8-10-36-11-9-32)28-22(27-20)17-2-1-3-19-18(17)14-26-29-19/h1-7,12-14,35H,8-11H2,(H,26,29)(H,30,34)(H,31,33)/b25-13+. The molecule has 0 saturated carbocycles. The minimum Gasteiger partial charge on any atom is -0.378 e. The normalized spacial score (nSPS) is 13.8. The molecule has 0 atom stereocenters. The number of carbonyl (C=O) groups excluding carboxylic acids is 2. The lowest BCUT2D eigenvalue weighted by molar-refractivity contribution is 0.0706. The van der Waals surface area contributed by atoms with Gasteiger partial charge in [-0.2, -0.15) is 10.2 Å². The lowest BCUT2D eigenvalue weighted by Crippen LogP contribution is -2.37. The maximum Gasteiger partial charge on any atom is 0.290 e. The minimum atomic E-state index is -0.617. The van der Waals surface area contributed by atoms with Gasteiger partial charge in [-0.1, -0.05) is 24.3 Å². The third-order valence-corrected chi connectivity index (χ3v) is 5.66.